The van der Waals surface area contributed by atoms with Crippen molar-refractivity contribution in [1.29, 1.82) is 0 Å². The monoisotopic (exact) mass is 416 g/mol. The summed E-state index contributed by atoms with van der Waals surface area (Å²) in [6, 6.07) is 11.7. The van der Waals surface area contributed by atoms with Crippen LogP contribution in [0.1, 0.15) is 0 Å². The zero-order valence-electron chi connectivity index (χ0n) is 8.44. The molecule has 0 unspecified atom stereocenters. The topological polar surface area (TPSA) is 59.8 Å². The third kappa shape index (κ3) is 16.1. The van der Waals surface area contributed by atoms with Crippen molar-refractivity contribution in [3.63, 3.8) is 0 Å². The highest BCUT2D eigenvalue weighted by atomic mass is 79.9. The van der Waals surface area contributed by atoms with Crippen LogP contribution in [-0.4, -0.2) is 5.48 Å². The van der Waals surface area contributed by atoms with Gasteiger partial charge < -0.3 is 39.4 Å². The first-order valence-electron chi connectivity index (χ1n) is 3.82. The number of hydrogen-bond donors (Lipinski definition) is 0. The van der Waals surface area contributed by atoms with E-state index in [2.05, 4.69) is 9.97 Å². The van der Waals surface area contributed by atoms with E-state index < -0.39 is 0 Å². The van der Waals surface area contributed by atoms with E-state index in [0.717, 1.165) is 0 Å². The molecular formula is C10H15Br3N2O. The average Bonchev–Trinajstić information content (AvgIpc) is 2.24. The molecule has 0 fully saturated rings. The van der Waals surface area contributed by atoms with Gasteiger partial charge in [0.2, 0.25) is 0 Å². The zero-order chi connectivity index (χ0) is 8.49. The second-order valence-corrected chi connectivity index (χ2v) is 2.15. The van der Waals surface area contributed by atoms with Gasteiger partial charge in [0.15, 0.2) is 24.8 Å². The molecule has 16 heavy (non-hydrogen) atoms. The van der Waals surface area contributed by atoms with E-state index in [9.17, 15) is 0 Å². The van der Waals surface area contributed by atoms with Crippen molar-refractivity contribution in [2.24, 2.45) is 0 Å². The van der Waals surface area contributed by atoms with Gasteiger partial charge in [0.25, 0.3) is 0 Å². The molecule has 2 heterocycles. The Kier molecular flexibility index (Phi) is 31.2. The third-order valence-corrected chi connectivity index (χ3v) is 1.21. The van der Waals surface area contributed by atoms with Crippen molar-refractivity contribution in [3.05, 3.63) is 61.2 Å². The molecule has 2 aromatic heterocycles. The maximum Gasteiger partial charge on any atom is 0.166 e. The van der Waals surface area contributed by atoms with Crippen LogP contribution in [0.5, 0.6) is 0 Å². The molecular weight excluding hydrogens is 404 g/mol. The standard InChI is InChI=1S/2C5H5N.3BrH.H2O/c2*1-2-4-6-5-3-1;;;;/h2*1-5H;3*1H;1H2. The Morgan fingerprint density at radius 1 is 0.500 bits per heavy atom. The van der Waals surface area contributed by atoms with Crippen molar-refractivity contribution in [1.82, 2.24) is 0 Å². The molecule has 0 radical (unpaired) electrons. The first-order chi connectivity index (χ1) is 6.00. The summed E-state index contributed by atoms with van der Waals surface area (Å²) in [5.41, 5.74) is 0. The highest BCUT2D eigenvalue weighted by Gasteiger charge is 1.66. The number of aromatic amines is 2. The Labute approximate surface area is 127 Å². The fraction of sp³-hybridized carbons (Fsp3) is 0. The highest BCUT2D eigenvalue weighted by Crippen LogP contribution is 1.68. The molecule has 0 bridgehead atoms. The first kappa shape index (κ1) is 24.8. The maximum atomic E-state index is 2.89. The summed E-state index contributed by atoms with van der Waals surface area (Å²) in [5, 5.41) is 0. The molecule has 2 aromatic rings. The molecule has 0 atom stereocenters. The molecule has 3 nitrogen and oxygen atoms in total. The summed E-state index contributed by atoms with van der Waals surface area (Å²) < 4.78 is 0. The lowest BCUT2D eigenvalue weighted by atomic mass is 10.5. The molecule has 0 spiro atoms. The van der Waals surface area contributed by atoms with Crippen LogP contribution in [-0.2, 0) is 0 Å². The van der Waals surface area contributed by atoms with E-state index in [1.807, 2.05) is 61.2 Å². The molecule has 0 amide bonds. The predicted octanol–water partition coefficient (Wildman–Crippen LogP) is -5.24. The SMILES string of the molecule is Br.O.[Br-].[Br-].c1cc[nH+]cc1.c1cc[nH+]cc1. The fourth-order valence-corrected chi connectivity index (χ4v) is 0.684. The maximum absolute atomic E-state index is 2.89. The minimum absolute atomic E-state index is 0. The second kappa shape index (κ2) is 20.2. The van der Waals surface area contributed by atoms with Crippen molar-refractivity contribution >= 4 is 17.0 Å². The van der Waals surface area contributed by atoms with E-state index in [0.29, 0.717) is 0 Å². The fourth-order valence-electron chi connectivity index (χ4n) is 0.684. The minimum Gasteiger partial charge on any atom is -1.00 e. The van der Waals surface area contributed by atoms with Gasteiger partial charge >= 0.3 is 0 Å². The van der Waals surface area contributed by atoms with Gasteiger partial charge in [0.05, 0.1) is 0 Å². The Bertz CT molecular complexity index is 199. The summed E-state index contributed by atoms with van der Waals surface area (Å²) in [6.07, 6.45) is 7.50. The average molecular weight is 419 g/mol. The molecule has 6 heteroatoms. The van der Waals surface area contributed by atoms with Gasteiger partial charge in [-0.05, 0) is 0 Å². The summed E-state index contributed by atoms with van der Waals surface area (Å²) in [7, 11) is 0. The number of rotatable bonds is 0. The van der Waals surface area contributed by atoms with Gasteiger partial charge in [-0.1, -0.05) is 12.1 Å². The van der Waals surface area contributed by atoms with Gasteiger partial charge in [-0.15, -0.1) is 17.0 Å². The van der Waals surface area contributed by atoms with Crippen molar-refractivity contribution in [3.8, 4) is 0 Å². The van der Waals surface area contributed by atoms with Crippen LogP contribution >= 0.6 is 17.0 Å². The Hall–Kier alpha value is -0.300. The first-order valence-corrected chi connectivity index (χ1v) is 3.82. The number of H-pyrrole nitrogens is 2. The van der Waals surface area contributed by atoms with Crippen LogP contribution in [0.4, 0.5) is 0 Å². The number of hydrogen-bond acceptors (Lipinski definition) is 0. The Morgan fingerprint density at radius 3 is 0.812 bits per heavy atom. The van der Waals surface area contributed by atoms with Gasteiger partial charge in [-0.2, -0.15) is 0 Å². The lowest BCUT2D eigenvalue weighted by molar-refractivity contribution is -0.378. The molecule has 0 aliphatic heterocycles. The smallest absolute Gasteiger partial charge is 0.166 e. The summed E-state index contributed by atoms with van der Waals surface area (Å²) in [6.45, 7) is 0. The number of pyridine rings is 2. The molecule has 0 aromatic carbocycles. The summed E-state index contributed by atoms with van der Waals surface area (Å²) >= 11 is 0. The van der Waals surface area contributed by atoms with E-state index in [4.69, 9.17) is 0 Å². The second-order valence-electron chi connectivity index (χ2n) is 2.15. The van der Waals surface area contributed by atoms with E-state index in [-0.39, 0.29) is 56.4 Å². The summed E-state index contributed by atoms with van der Waals surface area (Å²) in [5.74, 6) is 0. The molecule has 4 N–H and O–H groups in total. The van der Waals surface area contributed by atoms with Crippen LogP contribution in [0, 0.1) is 0 Å². The van der Waals surface area contributed by atoms with Gasteiger partial charge in [-0.25, -0.2) is 9.97 Å². The third-order valence-electron chi connectivity index (χ3n) is 1.21. The highest BCUT2D eigenvalue weighted by molar-refractivity contribution is 8.93. The normalized spacial score (nSPS) is 6.00. The van der Waals surface area contributed by atoms with Crippen molar-refractivity contribution in [2.75, 3.05) is 0 Å². The lowest BCUT2D eigenvalue weighted by Gasteiger charge is -1.63. The van der Waals surface area contributed by atoms with E-state index in [1.165, 1.54) is 0 Å². The lowest BCUT2D eigenvalue weighted by Crippen LogP contribution is -3.00. The minimum atomic E-state index is 0. The Morgan fingerprint density at radius 2 is 0.750 bits per heavy atom. The van der Waals surface area contributed by atoms with Crippen molar-refractivity contribution in [2.45, 2.75) is 0 Å². The van der Waals surface area contributed by atoms with Gasteiger partial charge in [0, 0.05) is 24.3 Å². The number of nitrogens with one attached hydrogen (secondary N) is 2. The number of aromatic nitrogens is 2. The van der Waals surface area contributed by atoms with Gasteiger partial charge in [0.1, 0.15) is 0 Å². The van der Waals surface area contributed by atoms with Crippen LogP contribution in [0.2, 0.25) is 0 Å². The predicted molar refractivity (Wildman–Crippen MR) is 59.9 cm³/mol. The largest absolute Gasteiger partial charge is 1.00 e. The quantitative estimate of drug-likeness (QED) is 0.410. The molecule has 0 saturated carbocycles. The molecule has 0 aliphatic rings. The van der Waals surface area contributed by atoms with Crippen LogP contribution in [0.15, 0.2) is 61.2 Å². The van der Waals surface area contributed by atoms with Gasteiger partial charge in [-0.3, -0.25) is 0 Å². The van der Waals surface area contributed by atoms with Crippen molar-refractivity contribution < 1.29 is 49.4 Å². The van der Waals surface area contributed by atoms with E-state index >= 15 is 0 Å². The molecule has 0 aliphatic carbocycles. The van der Waals surface area contributed by atoms with Crippen LogP contribution < -0.4 is 43.9 Å². The zero-order valence-corrected chi connectivity index (χ0v) is 13.3. The molecule has 2 rings (SSSR count). The summed E-state index contributed by atoms with van der Waals surface area (Å²) in [4.78, 5) is 5.78. The molecule has 92 valence electrons. The number of halogens is 3. The Balaban J connectivity index is -0.0000000720. The van der Waals surface area contributed by atoms with Crippen LogP contribution in [0.3, 0.4) is 0 Å². The van der Waals surface area contributed by atoms with Crippen LogP contribution in [0.25, 0.3) is 0 Å². The molecule has 0 saturated heterocycles. The van der Waals surface area contributed by atoms with E-state index in [1.54, 1.807) is 0 Å².